The van der Waals surface area contributed by atoms with E-state index in [0.717, 1.165) is 16.5 Å². The number of aryl methyl sites for hydroxylation is 1. The first-order valence-electron chi connectivity index (χ1n) is 8.78. The summed E-state index contributed by atoms with van der Waals surface area (Å²) >= 11 is 0. The van der Waals surface area contributed by atoms with E-state index >= 15 is 0 Å². The normalized spacial score (nSPS) is 11.4. The summed E-state index contributed by atoms with van der Waals surface area (Å²) in [6.07, 6.45) is 0.606. The largest absolute Gasteiger partial charge is 0.508 e. The van der Waals surface area contributed by atoms with Crippen molar-refractivity contribution in [1.82, 2.24) is 5.43 Å². The number of fused-ring (bicyclic) bond motifs is 1. The maximum atomic E-state index is 12.0. The summed E-state index contributed by atoms with van der Waals surface area (Å²) in [5, 5.41) is 14.3. The van der Waals surface area contributed by atoms with Crippen molar-refractivity contribution < 1.29 is 19.1 Å². The number of ether oxygens (including phenoxy) is 1. The first kappa shape index (κ1) is 19.2. The molecular weight excluding hydrogens is 360 g/mol. The van der Waals surface area contributed by atoms with Gasteiger partial charge in [0.2, 0.25) is 0 Å². The zero-order valence-corrected chi connectivity index (χ0v) is 15.6. The number of phenols is 1. The summed E-state index contributed by atoms with van der Waals surface area (Å²) in [6.45, 7) is 3.50. The second-order valence-electron chi connectivity index (χ2n) is 6.19. The lowest BCUT2D eigenvalue weighted by atomic mass is 10.1. The third-order valence-electron chi connectivity index (χ3n) is 4.14. The van der Waals surface area contributed by atoms with E-state index in [1.165, 1.54) is 6.07 Å². The maximum absolute atomic E-state index is 12.0. The molecule has 1 aromatic heterocycles. The number of hydrogen-bond donors (Lipinski definition) is 2. The Balaban J connectivity index is 1.64. The number of rotatable bonds is 6. The van der Waals surface area contributed by atoms with Crippen LogP contribution in [-0.2, 0) is 4.79 Å². The Morgan fingerprint density at radius 2 is 1.93 bits per heavy atom. The van der Waals surface area contributed by atoms with Crippen LogP contribution in [0.2, 0.25) is 0 Å². The predicted octanol–water partition coefficient (Wildman–Crippen LogP) is 3.12. The van der Waals surface area contributed by atoms with Gasteiger partial charge in [-0.3, -0.25) is 4.79 Å². The van der Waals surface area contributed by atoms with Crippen LogP contribution in [0.25, 0.3) is 11.0 Å². The molecule has 0 bridgehead atoms. The highest BCUT2D eigenvalue weighted by atomic mass is 16.5. The van der Waals surface area contributed by atoms with Gasteiger partial charge in [-0.2, -0.15) is 5.10 Å². The topological polar surface area (TPSA) is 101 Å². The molecule has 2 aromatic carbocycles. The minimum atomic E-state index is -0.435. The molecule has 0 aliphatic rings. The molecule has 0 atom stereocenters. The second-order valence-corrected chi connectivity index (χ2v) is 6.19. The SMILES string of the molecule is CC/C(=N\NC(=O)COc1ccc2c(C)cc(=O)oc2c1)c1ccc(O)cc1. The lowest BCUT2D eigenvalue weighted by Crippen LogP contribution is -2.26. The van der Waals surface area contributed by atoms with Crippen LogP contribution in [0.1, 0.15) is 24.5 Å². The molecule has 7 heteroatoms. The van der Waals surface area contributed by atoms with E-state index in [9.17, 15) is 14.7 Å². The van der Waals surface area contributed by atoms with Gasteiger partial charge in [-0.1, -0.05) is 6.92 Å². The number of hydrogen-bond acceptors (Lipinski definition) is 6. The summed E-state index contributed by atoms with van der Waals surface area (Å²) in [5.41, 5.74) is 4.73. The van der Waals surface area contributed by atoms with Crippen molar-refractivity contribution in [3.05, 3.63) is 70.1 Å². The molecule has 7 nitrogen and oxygen atoms in total. The Bertz CT molecular complexity index is 1080. The average Bonchev–Trinajstić information content (AvgIpc) is 2.67. The van der Waals surface area contributed by atoms with Crippen molar-refractivity contribution in [3.63, 3.8) is 0 Å². The third-order valence-corrected chi connectivity index (χ3v) is 4.14. The first-order chi connectivity index (χ1) is 13.5. The predicted molar refractivity (Wildman–Crippen MR) is 106 cm³/mol. The van der Waals surface area contributed by atoms with Crippen LogP contribution < -0.4 is 15.8 Å². The van der Waals surface area contributed by atoms with Gasteiger partial charge in [0.25, 0.3) is 5.91 Å². The molecule has 28 heavy (non-hydrogen) atoms. The molecule has 3 rings (SSSR count). The summed E-state index contributed by atoms with van der Waals surface area (Å²) in [6, 6.07) is 13.1. The summed E-state index contributed by atoms with van der Waals surface area (Å²) in [7, 11) is 0. The van der Waals surface area contributed by atoms with Gasteiger partial charge < -0.3 is 14.3 Å². The number of carbonyl (C=O) groups excluding carboxylic acids is 1. The van der Waals surface area contributed by atoms with E-state index in [1.54, 1.807) is 42.5 Å². The maximum Gasteiger partial charge on any atom is 0.336 e. The first-order valence-corrected chi connectivity index (χ1v) is 8.78. The van der Waals surface area contributed by atoms with Crippen LogP contribution in [0.5, 0.6) is 11.5 Å². The summed E-state index contributed by atoms with van der Waals surface area (Å²) < 4.78 is 10.6. The monoisotopic (exact) mass is 380 g/mol. The van der Waals surface area contributed by atoms with Crippen molar-refractivity contribution in [1.29, 1.82) is 0 Å². The highest BCUT2D eigenvalue weighted by Gasteiger charge is 2.07. The van der Waals surface area contributed by atoms with Crippen LogP contribution >= 0.6 is 0 Å². The molecule has 0 aliphatic heterocycles. The lowest BCUT2D eigenvalue weighted by molar-refractivity contribution is -0.123. The Hall–Kier alpha value is -3.61. The second kappa shape index (κ2) is 8.39. The van der Waals surface area contributed by atoms with E-state index in [2.05, 4.69) is 10.5 Å². The smallest absolute Gasteiger partial charge is 0.336 e. The van der Waals surface area contributed by atoms with E-state index in [-0.39, 0.29) is 12.4 Å². The quantitative estimate of drug-likeness (QED) is 0.389. The lowest BCUT2D eigenvalue weighted by Gasteiger charge is -2.08. The molecule has 0 spiro atoms. The number of hydrazone groups is 1. The standard InChI is InChI=1S/C21H20N2O5/c1-3-18(14-4-6-15(24)7-5-14)22-23-20(25)12-27-16-8-9-17-13(2)10-21(26)28-19(17)11-16/h4-11,24H,3,12H2,1-2H3,(H,23,25)/b22-18+. The van der Waals surface area contributed by atoms with Gasteiger partial charge in [-0.25, -0.2) is 10.2 Å². The Labute approximate surface area is 161 Å². The Kier molecular flexibility index (Phi) is 5.74. The summed E-state index contributed by atoms with van der Waals surface area (Å²) in [4.78, 5) is 23.5. The van der Waals surface area contributed by atoms with Crippen molar-refractivity contribution in [2.75, 3.05) is 6.61 Å². The van der Waals surface area contributed by atoms with E-state index in [4.69, 9.17) is 9.15 Å². The molecule has 0 unspecified atom stereocenters. The number of phenolic OH excluding ortho intramolecular Hbond substituents is 1. The number of amides is 1. The highest BCUT2D eigenvalue weighted by Crippen LogP contribution is 2.22. The molecule has 3 aromatic rings. The minimum Gasteiger partial charge on any atom is -0.508 e. The zero-order valence-electron chi connectivity index (χ0n) is 15.6. The van der Waals surface area contributed by atoms with Gasteiger partial charge in [0.15, 0.2) is 6.61 Å². The van der Waals surface area contributed by atoms with Crippen LogP contribution in [0.4, 0.5) is 0 Å². The number of nitrogens with one attached hydrogen (secondary N) is 1. The molecular formula is C21H20N2O5. The Morgan fingerprint density at radius 3 is 2.64 bits per heavy atom. The van der Waals surface area contributed by atoms with E-state index < -0.39 is 11.5 Å². The number of carbonyl (C=O) groups is 1. The van der Waals surface area contributed by atoms with Crippen molar-refractivity contribution in [3.8, 4) is 11.5 Å². The Morgan fingerprint density at radius 1 is 1.18 bits per heavy atom. The molecule has 2 N–H and O–H groups in total. The molecule has 0 saturated carbocycles. The van der Waals surface area contributed by atoms with Crippen molar-refractivity contribution in [2.45, 2.75) is 20.3 Å². The van der Waals surface area contributed by atoms with Crippen molar-refractivity contribution in [2.24, 2.45) is 5.10 Å². The minimum absolute atomic E-state index is 0.165. The van der Waals surface area contributed by atoms with E-state index in [0.29, 0.717) is 23.5 Å². The van der Waals surface area contributed by atoms with Gasteiger partial charge in [0.1, 0.15) is 17.1 Å². The molecule has 0 radical (unpaired) electrons. The van der Waals surface area contributed by atoms with Crippen LogP contribution in [0, 0.1) is 6.92 Å². The molecule has 144 valence electrons. The van der Waals surface area contributed by atoms with E-state index in [1.807, 2.05) is 13.8 Å². The fraction of sp³-hybridized carbons (Fsp3) is 0.190. The fourth-order valence-corrected chi connectivity index (χ4v) is 2.71. The van der Waals surface area contributed by atoms with Gasteiger partial charge in [-0.05, 0) is 60.9 Å². The van der Waals surface area contributed by atoms with Gasteiger partial charge in [0.05, 0.1) is 5.71 Å². The molecule has 1 amide bonds. The van der Waals surface area contributed by atoms with Gasteiger partial charge >= 0.3 is 5.63 Å². The number of benzene rings is 2. The molecule has 0 aliphatic carbocycles. The van der Waals surface area contributed by atoms with Gasteiger partial charge in [0, 0.05) is 17.5 Å². The number of nitrogens with zero attached hydrogens (tertiary/aromatic N) is 1. The average molecular weight is 380 g/mol. The molecule has 1 heterocycles. The van der Waals surface area contributed by atoms with Crippen LogP contribution in [-0.4, -0.2) is 23.3 Å². The summed E-state index contributed by atoms with van der Waals surface area (Å²) in [5.74, 6) is 0.156. The zero-order chi connectivity index (χ0) is 20.1. The fourth-order valence-electron chi connectivity index (χ4n) is 2.71. The molecule has 0 saturated heterocycles. The third kappa shape index (κ3) is 4.56. The van der Waals surface area contributed by atoms with Gasteiger partial charge in [-0.15, -0.1) is 0 Å². The van der Waals surface area contributed by atoms with Crippen LogP contribution in [0.3, 0.4) is 0 Å². The highest BCUT2D eigenvalue weighted by molar-refractivity contribution is 6.01. The van der Waals surface area contributed by atoms with Crippen LogP contribution in [0.15, 0.2) is 62.8 Å². The number of aromatic hydroxyl groups is 1. The molecule has 0 fully saturated rings. The van der Waals surface area contributed by atoms with Crippen molar-refractivity contribution >= 4 is 22.6 Å².